The molecule has 0 aromatic carbocycles. The monoisotopic (exact) mass is 236 g/mol. The third-order valence-corrected chi connectivity index (χ3v) is 3.49. The minimum Gasteiger partial charge on any atom is -0.364 e. The maximum atomic E-state index is 3.48. The van der Waals surface area contributed by atoms with Crippen LogP contribution in [0.25, 0.3) is 0 Å². The molecule has 2 heterocycles. The van der Waals surface area contributed by atoms with E-state index in [1.54, 1.807) is 0 Å². The van der Waals surface area contributed by atoms with Gasteiger partial charge in [-0.15, -0.1) is 0 Å². The molecule has 0 amide bonds. The average Bonchev–Trinajstić information content (AvgIpc) is 2.88. The lowest BCUT2D eigenvalue weighted by Crippen LogP contribution is -2.48. The molecule has 1 saturated heterocycles. The predicted octanol–water partition coefficient (Wildman–Crippen LogP) is 0.788. The molecule has 1 aromatic rings. The third-order valence-electron chi connectivity index (χ3n) is 3.49. The summed E-state index contributed by atoms with van der Waals surface area (Å²) in [6.45, 7) is 9.03. The van der Waals surface area contributed by atoms with Crippen LogP contribution in [0.4, 0.5) is 0 Å². The van der Waals surface area contributed by atoms with E-state index in [-0.39, 0.29) is 0 Å². The number of piperazine rings is 1. The Morgan fingerprint density at radius 1 is 1.41 bits per heavy atom. The van der Waals surface area contributed by atoms with E-state index < -0.39 is 0 Å². The Balaban J connectivity index is 1.57. The van der Waals surface area contributed by atoms with Gasteiger partial charge in [-0.3, -0.25) is 4.90 Å². The zero-order valence-electron chi connectivity index (χ0n) is 10.7. The summed E-state index contributed by atoms with van der Waals surface area (Å²) in [5.74, 6) is 0. The predicted molar refractivity (Wildman–Crippen MR) is 71.0 cm³/mol. The number of H-pyrrole nitrogens is 1. The first-order valence-electron chi connectivity index (χ1n) is 6.64. The molecule has 4 heteroatoms. The smallest absolute Gasteiger partial charge is 0.0357 e. The maximum Gasteiger partial charge on any atom is 0.0357 e. The summed E-state index contributed by atoms with van der Waals surface area (Å²) < 4.78 is 0. The van der Waals surface area contributed by atoms with Crippen LogP contribution in [0.3, 0.4) is 0 Å². The molecule has 0 radical (unpaired) electrons. The molecule has 1 unspecified atom stereocenters. The molecule has 1 aromatic heterocycles. The Labute approximate surface area is 104 Å². The quantitative estimate of drug-likeness (QED) is 0.640. The molecule has 1 aliphatic rings. The molecule has 0 bridgehead atoms. The maximum absolute atomic E-state index is 3.48. The van der Waals surface area contributed by atoms with Crippen LogP contribution in [0.15, 0.2) is 18.3 Å². The SMILES string of the molecule is CC(CCNCc1ccc[nH]1)N1CCNCC1. The number of hydrogen-bond donors (Lipinski definition) is 3. The number of nitrogens with one attached hydrogen (secondary N) is 3. The Morgan fingerprint density at radius 2 is 2.24 bits per heavy atom. The minimum absolute atomic E-state index is 0.688. The number of nitrogens with zero attached hydrogens (tertiary/aromatic N) is 1. The van der Waals surface area contributed by atoms with E-state index in [9.17, 15) is 0 Å². The molecule has 1 atom stereocenters. The summed E-state index contributed by atoms with van der Waals surface area (Å²) in [5.41, 5.74) is 1.26. The number of aromatic amines is 1. The van der Waals surface area contributed by atoms with Gasteiger partial charge in [-0.2, -0.15) is 0 Å². The highest BCUT2D eigenvalue weighted by Gasteiger charge is 2.15. The van der Waals surface area contributed by atoms with E-state index in [1.165, 1.54) is 25.2 Å². The summed E-state index contributed by atoms with van der Waals surface area (Å²) in [6.07, 6.45) is 3.20. The van der Waals surface area contributed by atoms with E-state index in [4.69, 9.17) is 0 Å². The summed E-state index contributed by atoms with van der Waals surface area (Å²) in [5, 5.41) is 6.88. The first kappa shape index (κ1) is 12.6. The largest absolute Gasteiger partial charge is 0.364 e. The Bertz CT molecular complexity index is 290. The summed E-state index contributed by atoms with van der Waals surface area (Å²) in [7, 11) is 0. The van der Waals surface area contributed by atoms with E-state index in [0.29, 0.717) is 6.04 Å². The molecule has 2 rings (SSSR count). The molecule has 1 aliphatic heterocycles. The average molecular weight is 236 g/mol. The van der Waals surface area contributed by atoms with E-state index in [1.807, 2.05) is 12.3 Å². The van der Waals surface area contributed by atoms with Gasteiger partial charge in [0.1, 0.15) is 0 Å². The van der Waals surface area contributed by atoms with Crippen LogP contribution in [0.2, 0.25) is 0 Å². The lowest BCUT2D eigenvalue weighted by molar-refractivity contribution is 0.176. The fourth-order valence-corrected chi connectivity index (χ4v) is 2.32. The van der Waals surface area contributed by atoms with Gasteiger partial charge in [0, 0.05) is 50.7 Å². The molecule has 0 saturated carbocycles. The molecule has 3 N–H and O–H groups in total. The summed E-state index contributed by atoms with van der Waals surface area (Å²) in [6, 6.07) is 4.85. The van der Waals surface area contributed by atoms with Crippen molar-refractivity contribution in [2.24, 2.45) is 0 Å². The first-order valence-corrected chi connectivity index (χ1v) is 6.64. The van der Waals surface area contributed by atoms with E-state index in [0.717, 1.165) is 26.2 Å². The lowest BCUT2D eigenvalue weighted by Gasteiger charge is -2.32. The molecular formula is C13H24N4. The highest BCUT2D eigenvalue weighted by atomic mass is 15.2. The van der Waals surface area contributed by atoms with Crippen molar-refractivity contribution in [3.05, 3.63) is 24.0 Å². The molecule has 17 heavy (non-hydrogen) atoms. The highest BCUT2D eigenvalue weighted by Crippen LogP contribution is 2.04. The van der Waals surface area contributed by atoms with Gasteiger partial charge >= 0.3 is 0 Å². The second-order valence-electron chi connectivity index (χ2n) is 4.80. The van der Waals surface area contributed by atoms with E-state index >= 15 is 0 Å². The normalized spacial score (nSPS) is 19.4. The fraction of sp³-hybridized carbons (Fsp3) is 0.692. The molecule has 96 valence electrons. The van der Waals surface area contributed by atoms with Crippen molar-refractivity contribution in [3.63, 3.8) is 0 Å². The van der Waals surface area contributed by atoms with Gasteiger partial charge in [-0.25, -0.2) is 0 Å². The molecular weight excluding hydrogens is 212 g/mol. The molecule has 0 aliphatic carbocycles. The van der Waals surface area contributed by atoms with Crippen LogP contribution >= 0.6 is 0 Å². The van der Waals surface area contributed by atoms with Gasteiger partial charge < -0.3 is 15.6 Å². The lowest BCUT2D eigenvalue weighted by atomic mass is 10.2. The van der Waals surface area contributed by atoms with Gasteiger partial charge in [-0.05, 0) is 32.0 Å². The van der Waals surface area contributed by atoms with Crippen molar-refractivity contribution in [3.8, 4) is 0 Å². The van der Waals surface area contributed by atoms with Crippen LogP contribution in [-0.4, -0.2) is 48.6 Å². The summed E-state index contributed by atoms with van der Waals surface area (Å²) >= 11 is 0. The Kier molecular flexibility index (Phi) is 5.04. The third kappa shape index (κ3) is 4.15. The van der Waals surface area contributed by atoms with Crippen molar-refractivity contribution in [2.75, 3.05) is 32.7 Å². The fourth-order valence-electron chi connectivity index (χ4n) is 2.32. The molecule has 4 nitrogen and oxygen atoms in total. The van der Waals surface area contributed by atoms with E-state index in [2.05, 4.69) is 33.5 Å². The van der Waals surface area contributed by atoms with Crippen LogP contribution in [0.5, 0.6) is 0 Å². The first-order chi connectivity index (χ1) is 8.36. The number of aromatic nitrogens is 1. The van der Waals surface area contributed by atoms with Crippen molar-refractivity contribution in [2.45, 2.75) is 25.9 Å². The van der Waals surface area contributed by atoms with Crippen LogP contribution in [0, 0.1) is 0 Å². The molecule has 0 spiro atoms. The van der Waals surface area contributed by atoms with Gasteiger partial charge in [0.15, 0.2) is 0 Å². The zero-order chi connectivity index (χ0) is 11.9. The van der Waals surface area contributed by atoms with Crippen molar-refractivity contribution in [1.82, 2.24) is 20.5 Å². The van der Waals surface area contributed by atoms with Gasteiger partial charge in [0.2, 0.25) is 0 Å². The van der Waals surface area contributed by atoms with Gasteiger partial charge in [-0.1, -0.05) is 0 Å². The topological polar surface area (TPSA) is 43.1 Å². The van der Waals surface area contributed by atoms with Gasteiger partial charge in [0.05, 0.1) is 0 Å². The second-order valence-corrected chi connectivity index (χ2v) is 4.80. The second kappa shape index (κ2) is 6.79. The number of hydrogen-bond acceptors (Lipinski definition) is 3. The van der Waals surface area contributed by atoms with Crippen molar-refractivity contribution >= 4 is 0 Å². The zero-order valence-corrected chi connectivity index (χ0v) is 10.7. The van der Waals surface area contributed by atoms with Crippen LogP contribution in [0.1, 0.15) is 19.0 Å². The Hall–Kier alpha value is -0.840. The molecule has 1 fully saturated rings. The van der Waals surface area contributed by atoms with Gasteiger partial charge in [0.25, 0.3) is 0 Å². The minimum atomic E-state index is 0.688. The Morgan fingerprint density at radius 3 is 2.94 bits per heavy atom. The van der Waals surface area contributed by atoms with Crippen molar-refractivity contribution in [1.29, 1.82) is 0 Å². The van der Waals surface area contributed by atoms with Crippen molar-refractivity contribution < 1.29 is 0 Å². The standard InChI is InChI=1S/C13H24N4/c1-12(17-9-7-14-8-10-17)4-6-15-11-13-3-2-5-16-13/h2-3,5,12,14-16H,4,6-11H2,1H3. The highest BCUT2D eigenvalue weighted by molar-refractivity contribution is 5.02. The van der Waals surface area contributed by atoms with Crippen LogP contribution < -0.4 is 10.6 Å². The van der Waals surface area contributed by atoms with Crippen LogP contribution in [-0.2, 0) is 6.54 Å². The summed E-state index contributed by atoms with van der Waals surface area (Å²) in [4.78, 5) is 5.78. The number of rotatable bonds is 6.